The van der Waals surface area contributed by atoms with Crippen molar-refractivity contribution in [3.8, 4) is 0 Å². The minimum atomic E-state index is -1.74. The average Bonchev–Trinajstić information content (AvgIpc) is 2.77. The summed E-state index contributed by atoms with van der Waals surface area (Å²) in [5, 5.41) is 20.3. The van der Waals surface area contributed by atoms with Crippen molar-refractivity contribution in [2.45, 2.75) is 51.2 Å². The third-order valence-electron chi connectivity index (χ3n) is 4.26. The van der Waals surface area contributed by atoms with Gasteiger partial charge in [0.25, 0.3) is 0 Å². The van der Waals surface area contributed by atoms with Gasteiger partial charge in [-0.1, -0.05) is 13.8 Å². The summed E-state index contributed by atoms with van der Waals surface area (Å²) < 4.78 is 12.0. The number of nitrogen functional groups attached to an aromatic ring is 1. The van der Waals surface area contributed by atoms with Crippen LogP contribution in [0, 0.1) is 5.92 Å². The van der Waals surface area contributed by atoms with Gasteiger partial charge in [-0.15, -0.1) is 0 Å². The minimum Gasteiger partial charge on any atom is -0.456 e. The van der Waals surface area contributed by atoms with E-state index in [1.807, 2.05) is 6.92 Å². The smallest absolute Gasteiger partial charge is 0.351 e. The van der Waals surface area contributed by atoms with E-state index in [-0.39, 0.29) is 11.7 Å². The van der Waals surface area contributed by atoms with E-state index in [2.05, 4.69) is 4.98 Å². The van der Waals surface area contributed by atoms with E-state index < -0.39 is 42.3 Å². The highest BCUT2D eigenvalue weighted by molar-refractivity contribution is 5.72. The Labute approximate surface area is 139 Å². The lowest BCUT2D eigenvalue weighted by atomic mass is 9.96. The highest BCUT2D eigenvalue weighted by atomic mass is 16.6. The van der Waals surface area contributed by atoms with Gasteiger partial charge in [0.2, 0.25) is 0 Å². The van der Waals surface area contributed by atoms with Gasteiger partial charge in [0.05, 0.1) is 12.5 Å². The summed E-state index contributed by atoms with van der Waals surface area (Å²) in [4.78, 5) is 27.7. The number of ether oxygens (including phenoxy) is 2. The van der Waals surface area contributed by atoms with Crippen LogP contribution in [0.15, 0.2) is 17.1 Å². The Morgan fingerprint density at radius 3 is 2.83 bits per heavy atom. The zero-order valence-electron chi connectivity index (χ0n) is 13.9. The summed E-state index contributed by atoms with van der Waals surface area (Å²) in [6.45, 7) is 4.43. The first-order valence-electron chi connectivity index (χ1n) is 7.76. The summed E-state index contributed by atoms with van der Waals surface area (Å²) in [6, 6.07) is 1.38. The fourth-order valence-electron chi connectivity index (χ4n) is 2.58. The second kappa shape index (κ2) is 6.88. The molecule has 24 heavy (non-hydrogen) atoms. The lowest BCUT2D eigenvalue weighted by Gasteiger charge is -2.30. The molecule has 1 aromatic heterocycles. The average molecular weight is 341 g/mol. The van der Waals surface area contributed by atoms with E-state index >= 15 is 0 Å². The molecule has 1 aromatic rings. The number of nitrogens with two attached hydrogens (primary N) is 1. The number of carbonyl (C=O) groups excluding carboxylic acids is 1. The van der Waals surface area contributed by atoms with Gasteiger partial charge in [0, 0.05) is 6.20 Å². The van der Waals surface area contributed by atoms with Crippen LogP contribution in [0.4, 0.5) is 5.82 Å². The molecule has 2 rings (SSSR count). The quantitative estimate of drug-likeness (QED) is 0.605. The van der Waals surface area contributed by atoms with Crippen molar-refractivity contribution in [2.24, 2.45) is 5.92 Å². The van der Waals surface area contributed by atoms with Gasteiger partial charge in [-0.3, -0.25) is 9.36 Å². The van der Waals surface area contributed by atoms with Crippen LogP contribution in [0.25, 0.3) is 0 Å². The first-order chi connectivity index (χ1) is 11.2. The molecule has 5 atom stereocenters. The van der Waals surface area contributed by atoms with Crippen molar-refractivity contribution < 1.29 is 24.5 Å². The summed E-state index contributed by atoms with van der Waals surface area (Å²) >= 11 is 0. The number of hydrogen-bond acceptors (Lipinski definition) is 8. The molecule has 9 heteroatoms. The van der Waals surface area contributed by atoms with Crippen molar-refractivity contribution in [3.63, 3.8) is 0 Å². The number of aromatic nitrogens is 2. The fraction of sp³-hybridized carbons (Fsp3) is 0.667. The molecule has 0 aliphatic carbocycles. The highest BCUT2D eigenvalue weighted by Gasteiger charge is 2.56. The Morgan fingerprint density at radius 1 is 1.62 bits per heavy atom. The van der Waals surface area contributed by atoms with Crippen LogP contribution in [-0.4, -0.2) is 50.1 Å². The van der Waals surface area contributed by atoms with Crippen molar-refractivity contribution in [1.29, 1.82) is 0 Å². The number of esters is 1. The Bertz CT molecular complexity index is 659. The number of aliphatic hydroxyl groups is 2. The summed E-state index contributed by atoms with van der Waals surface area (Å²) in [5.74, 6) is -0.833. The molecule has 2 heterocycles. The van der Waals surface area contributed by atoms with E-state index in [0.717, 1.165) is 4.57 Å². The van der Waals surface area contributed by atoms with Gasteiger partial charge in [-0.05, 0) is 19.4 Å². The van der Waals surface area contributed by atoms with Crippen LogP contribution in [0.3, 0.4) is 0 Å². The Balaban J connectivity index is 2.33. The van der Waals surface area contributed by atoms with Gasteiger partial charge >= 0.3 is 11.7 Å². The molecule has 5 unspecified atom stereocenters. The Morgan fingerprint density at radius 2 is 2.29 bits per heavy atom. The molecule has 1 aliphatic rings. The van der Waals surface area contributed by atoms with Crippen molar-refractivity contribution in [3.05, 3.63) is 22.7 Å². The van der Waals surface area contributed by atoms with E-state index in [1.54, 1.807) is 6.92 Å². The largest absolute Gasteiger partial charge is 0.456 e. The molecule has 0 radical (unpaired) electrons. The maximum absolute atomic E-state index is 12.1. The lowest BCUT2D eigenvalue weighted by Crippen LogP contribution is -2.49. The molecule has 134 valence electrons. The van der Waals surface area contributed by atoms with Gasteiger partial charge in [-0.25, -0.2) is 4.79 Å². The van der Waals surface area contributed by atoms with Gasteiger partial charge in [0.1, 0.15) is 17.5 Å². The van der Waals surface area contributed by atoms with Crippen molar-refractivity contribution >= 4 is 11.8 Å². The second-order valence-electron chi connectivity index (χ2n) is 6.14. The van der Waals surface area contributed by atoms with Gasteiger partial charge in [-0.2, -0.15) is 4.98 Å². The SMILES string of the molecule is CCC(C)C(=O)OC1C(CO)OC(n2ccc(N)nc2=O)C1(C)O. The van der Waals surface area contributed by atoms with E-state index in [1.165, 1.54) is 19.2 Å². The maximum atomic E-state index is 12.1. The zero-order valence-corrected chi connectivity index (χ0v) is 13.9. The molecule has 1 saturated heterocycles. The number of hydrogen-bond donors (Lipinski definition) is 3. The topological polar surface area (TPSA) is 137 Å². The van der Waals surface area contributed by atoms with Crippen LogP contribution in [0.2, 0.25) is 0 Å². The summed E-state index contributed by atoms with van der Waals surface area (Å²) in [7, 11) is 0. The fourth-order valence-corrected chi connectivity index (χ4v) is 2.58. The van der Waals surface area contributed by atoms with Crippen LogP contribution >= 0.6 is 0 Å². The standard InChI is InChI=1S/C15H23N3O6/c1-4-8(2)12(20)24-11-9(7-19)23-13(15(11,3)22)18-6-5-10(16)17-14(18)21/h5-6,8-9,11,13,19,22H,4,7H2,1-3H3,(H2,16,17,21). The van der Waals surface area contributed by atoms with Crippen LogP contribution in [0.1, 0.15) is 33.4 Å². The van der Waals surface area contributed by atoms with E-state index in [9.17, 15) is 19.8 Å². The highest BCUT2D eigenvalue weighted by Crippen LogP contribution is 2.39. The molecule has 4 N–H and O–H groups in total. The number of aliphatic hydroxyl groups excluding tert-OH is 1. The first-order valence-corrected chi connectivity index (χ1v) is 7.76. The summed E-state index contributed by atoms with van der Waals surface area (Å²) in [6.07, 6.45) is -1.37. The third kappa shape index (κ3) is 3.28. The van der Waals surface area contributed by atoms with Crippen molar-refractivity contribution in [1.82, 2.24) is 9.55 Å². The molecule has 1 aliphatic heterocycles. The second-order valence-corrected chi connectivity index (χ2v) is 6.14. The Hall–Kier alpha value is -1.97. The Kier molecular flexibility index (Phi) is 5.26. The first kappa shape index (κ1) is 18.4. The number of rotatable bonds is 5. The molecule has 0 amide bonds. The number of anilines is 1. The molecule has 9 nitrogen and oxygen atoms in total. The van der Waals surface area contributed by atoms with Gasteiger partial charge < -0.3 is 25.4 Å². The minimum absolute atomic E-state index is 0.0346. The molecular weight excluding hydrogens is 318 g/mol. The monoisotopic (exact) mass is 341 g/mol. The predicted molar refractivity (Wildman–Crippen MR) is 83.9 cm³/mol. The molecule has 0 aromatic carbocycles. The van der Waals surface area contributed by atoms with Gasteiger partial charge in [0.15, 0.2) is 12.3 Å². The van der Waals surface area contributed by atoms with E-state index in [0.29, 0.717) is 6.42 Å². The molecule has 0 bridgehead atoms. The molecule has 0 saturated carbocycles. The molecule has 0 spiro atoms. The van der Waals surface area contributed by atoms with Crippen LogP contribution in [0.5, 0.6) is 0 Å². The van der Waals surface area contributed by atoms with Crippen LogP contribution in [-0.2, 0) is 14.3 Å². The number of carbonyl (C=O) groups is 1. The number of nitrogens with zero attached hydrogens (tertiary/aromatic N) is 2. The third-order valence-corrected chi connectivity index (χ3v) is 4.26. The van der Waals surface area contributed by atoms with E-state index in [4.69, 9.17) is 15.2 Å². The van der Waals surface area contributed by atoms with Crippen LogP contribution < -0.4 is 11.4 Å². The lowest BCUT2D eigenvalue weighted by molar-refractivity contribution is -0.168. The molecular formula is C15H23N3O6. The maximum Gasteiger partial charge on any atom is 0.351 e. The summed E-state index contributed by atoms with van der Waals surface area (Å²) in [5.41, 5.74) is 3.00. The predicted octanol–water partition coefficient (Wildman–Crippen LogP) is -0.576. The normalized spacial score (nSPS) is 31.0. The zero-order chi connectivity index (χ0) is 18.1. The van der Waals surface area contributed by atoms with Crippen molar-refractivity contribution in [2.75, 3.05) is 12.3 Å². The molecule has 1 fully saturated rings.